The summed E-state index contributed by atoms with van der Waals surface area (Å²) in [6.45, 7) is 9.05. The monoisotopic (exact) mass is 398 g/mol. The molecular formula is C22H30N4O3+2. The molecule has 29 heavy (non-hydrogen) atoms. The Morgan fingerprint density at radius 1 is 1.14 bits per heavy atom. The number of fused-ring (bicyclic) bond motifs is 2. The van der Waals surface area contributed by atoms with Crippen molar-refractivity contribution in [2.24, 2.45) is 0 Å². The first-order valence-corrected chi connectivity index (χ1v) is 10.3. The predicted molar refractivity (Wildman–Crippen MR) is 111 cm³/mol. The summed E-state index contributed by atoms with van der Waals surface area (Å²) in [5.74, 6) is 2.05. The molecule has 0 unspecified atom stereocenters. The molecule has 0 saturated carbocycles. The largest absolute Gasteiger partial charge is 0.454 e. The van der Waals surface area contributed by atoms with Crippen LogP contribution in [0.5, 0.6) is 11.5 Å². The highest BCUT2D eigenvalue weighted by atomic mass is 16.7. The van der Waals surface area contributed by atoms with E-state index in [9.17, 15) is 5.11 Å². The molecule has 1 atom stereocenters. The SMILES string of the molecule is CC[NH+](CC)CCn1c(N)[n+](C[C@H](O)c2ccc3c(c2)OCO3)c2ccccc21. The highest BCUT2D eigenvalue weighted by Crippen LogP contribution is 2.34. The number of rotatable bonds is 8. The number of hydrogen-bond acceptors (Lipinski definition) is 4. The van der Waals surface area contributed by atoms with Crippen molar-refractivity contribution in [3.63, 3.8) is 0 Å². The minimum absolute atomic E-state index is 0.221. The average Bonchev–Trinajstić information content (AvgIpc) is 3.32. The molecule has 0 radical (unpaired) electrons. The molecule has 0 bridgehead atoms. The molecule has 7 heteroatoms. The van der Waals surface area contributed by atoms with Crippen LogP contribution < -0.4 is 24.7 Å². The molecule has 1 aromatic heterocycles. The third-order valence-corrected chi connectivity index (χ3v) is 5.84. The molecular weight excluding hydrogens is 368 g/mol. The smallest absolute Gasteiger partial charge is 0.356 e. The zero-order valence-corrected chi connectivity index (χ0v) is 17.1. The maximum Gasteiger partial charge on any atom is 0.356 e. The number of benzene rings is 2. The lowest BCUT2D eigenvalue weighted by Crippen LogP contribution is -3.11. The normalized spacial score (nSPS) is 14.1. The molecule has 4 rings (SSSR count). The Labute approximate surface area is 170 Å². The Balaban J connectivity index is 1.62. The van der Waals surface area contributed by atoms with Crippen molar-refractivity contribution < 1.29 is 24.0 Å². The Bertz CT molecular complexity index is 997. The van der Waals surface area contributed by atoms with E-state index in [1.54, 1.807) is 0 Å². The fourth-order valence-electron chi connectivity index (χ4n) is 4.01. The Hall–Kier alpha value is -2.77. The van der Waals surface area contributed by atoms with Gasteiger partial charge in [-0.15, -0.1) is 0 Å². The highest BCUT2D eigenvalue weighted by molar-refractivity contribution is 5.73. The third-order valence-electron chi connectivity index (χ3n) is 5.84. The number of nitrogens with zero attached hydrogens (tertiary/aromatic N) is 2. The number of para-hydroxylation sites is 2. The molecule has 3 aromatic rings. The minimum atomic E-state index is -0.704. The van der Waals surface area contributed by atoms with Crippen LogP contribution in [0.1, 0.15) is 25.5 Å². The van der Waals surface area contributed by atoms with E-state index in [-0.39, 0.29) is 6.79 Å². The van der Waals surface area contributed by atoms with E-state index in [1.165, 1.54) is 4.90 Å². The second-order valence-electron chi connectivity index (χ2n) is 7.44. The molecule has 1 aliphatic rings. The molecule has 0 spiro atoms. The molecule has 2 aromatic carbocycles. The van der Waals surface area contributed by atoms with Crippen LogP contribution in [0, 0.1) is 0 Å². The number of aliphatic hydroxyl groups excluding tert-OH is 1. The summed E-state index contributed by atoms with van der Waals surface area (Å²) in [5.41, 5.74) is 9.46. The number of quaternary nitrogens is 1. The third kappa shape index (κ3) is 3.75. The van der Waals surface area contributed by atoms with Crippen molar-refractivity contribution in [3.8, 4) is 11.5 Å². The van der Waals surface area contributed by atoms with Gasteiger partial charge in [0.25, 0.3) is 0 Å². The molecule has 4 N–H and O–H groups in total. The van der Waals surface area contributed by atoms with Crippen LogP contribution in [0.2, 0.25) is 0 Å². The van der Waals surface area contributed by atoms with Crippen molar-refractivity contribution in [2.75, 3.05) is 32.2 Å². The standard InChI is InChI=1S/C22H28N4O3/c1-3-24(4-2)11-12-25-17-7-5-6-8-18(17)26(22(25)23)14-19(27)16-9-10-20-21(13-16)29-15-28-20/h5-10,13,19,23,27H,3-4,11-12,14-15H2,1-2H3/p+2/t19-/m0/s1. The van der Waals surface area contributed by atoms with Gasteiger partial charge in [0.05, 0.1) is 13.1 Å². The molecule has 0 fully saturated rings. The number of nitrogen functional groups attached to an aromatic ring is 1. The minimum Gasteiger partial charge on any atom is -0.454 e. The number of aromatic nitrogens is 2. The zero-order chi connectivity index (χ0) is 20.4. The Morgan fingerprint density at radius 3 is 2.69 bits per heavy atom. The number of imidazole rings is 1. The van der Waals surface area contributed by atoms with Gasteiger partial charge in [0, 0.05) is 0 Å². The van der Waals surface area contributed by atoms with Gasteiger partial charge < -0.3 is 19.5 Å². The lowest BCUT2D eigenvalue weighted by Gasteiger charge is -2.14. The quantitative estimate of drug-likeness (QED) is 0.493. The van der Waals surface area contributed by atoms with Crippen LogP contribution in [-0.2, 0) is 13.1 Å². The van der Waals surface area contributed by atoms with Gasteiger partial charge in [-0.25, -0.2) is 9.13 Å². The molecule has 154 valence electrons. The summed E-state index contributed by atoms with van der Waals surface area (Å²) < 4.78 is 15.0. The number of ether oxygens (including phenoxy) is 2. The molecule has 0 amide bonds. The number of nitrogens with two attached hydrogens (primary N) is 1. The first kappa shape index (κ1) is 19.5. The van der Waals surface area contributed by atoms with E-state index >= 15 is 0 Å². The van der Waals surface area contributed by atoms with Crippen LogP contribution in [0.4, 0.5) is 5.95 Å². The predicted octanol–water partition coefficient (Wildman–Crippen LogP) is 0.898. The lowest BCUT2D eigenvalue weighted by molar-refractivity contribution is -0.897. The van der Waals surface area contributed by atoms with Gasteiger partial charge in [0.1, 0.15) is 36.8 Å². The summed E-state index contributed by atoms with van der Waals surface area (Å²) in [7, 11) is 0. The van der Waals surface area contributed by atoms with Crippen molar-refractivity contribution in [2.45, 2.75) is 33.0 Å². The first-order chi connectivity index (χ1) is 14.1. The van der Waals surface area contributed by atoms with Gasteiger partial charge in [-0.2, -0.15) is 0 Å². The van der Waals surface area contributed by atoms with E-state index in [2.05, 4.69) is 30.5 Å². The van der Waals surface area contributed by atoms with Crippen molar-refractivity contribution in [3.05, 3.63) is 48.0 Å². The number of anilines is 1. The van der Waals surface area contributed by atoms with Crippen molar-refractivity contribution in [1.29, 1.82) is 0 Å². The van der Waals surface area contributed by atoms with Crippen molar-refractivity contribution >= 4 is 17.0 Å². The topological polar surface area (TPSA) is 78.0 Å². The molecule has 1 aliphatic heterocycles. The van der Waals surface area contributed by atoms with Gasteiger partial charge in [-0.3, -0.25) is 5.73 Å². The summed E-state index contributed by atoms with van der Waals surface area (Å²) in [6.07, 6.45) is -0.704. The van der Waals surface area contributed by atoms with E-state index in [1.807, 2.05) is 34.9 Å². The van der Waals surface area contributed by atoms with Crippen LogP contribution in [-0.4, -0.2) is 36.1 Å². The van der Waals surface area contributed by atoms with E-state index < -0.39 is 6.10 Å². The zero-order valence-electron chi connectivity index (χ0n) is 17.1. The van der Waals surface area contributed by atoms with Gasteiger partial charge in [0.2, 0.25) is 6.79 Å². The Kier molecular flexibility index (Phi) is 5.60. The van der Waals surface area contributed by atoms with E-state index in [4.69, 9.17) is 15.2 Å². The molecule has 2 heterocycles. The summed E-state index contributed by atoms with van der Waals surface area (Å²) in [5, 5.41) is 10.9. The van der Waals surface area contributed by atoms with Gasteiger partial charge in [-0.05, 0) is 43.7 Å². The highest BCUT2D eigenvalue weighted by Gasteiger charge is 2.25. The summed E-state index contributed by atoms with van der Waals surface area (Å²) in [4.78, 5) is 1.54. The Morgan fingerprint density at radius 2 is 1.90 bits per heavy atom. The summed E-state index contributed by atoms with van der Waals surface area (Å²) >= 11 is 0. The van der Waals surface area contributed by atoms with Gasteiger partial charge in [-0.1, -0.05) is 18.2 Å². The van der Waals surface area contributed by atoms with Crippen LogP contribution in [0.3, 0.4) is 0 Å². The number of aliphatic hydroxyl groups is 1. The molecule has 7 nitrogen and oxygen atoms in total. The molecule has 0 aliphatic carbocycles. The fraction of sp³-hybridized carbons (Fsp3) is 0.409. The fourth-order valence-corrected chi connectivity index (χ4v) is 4.01. The second kappa shape index (κ2) is 8.31. The second-order valence-corrected chi connectivity index (χ2v) is 7.44. The number of likely N-dealkylation sites (N-methyl/N-ethyl adjacent to an activating group) is 1. The first-order valence-electron chi connectivity index (χ1n) is 10.3. The maximum atomic E-state index is 10.9. The van der Waals surface area contributed by atoms with Crippen LogP contribution >= 0.6 is 0 Å². The van der Waals surface area contributed by atoms with Crippen LogP contribution in [0.15, 0.2) is 42.5 Å². The van der Waals surface area contributed by atoms with Gasteiger partial charge in [0.15, 0.2) is 11.5 Å². The average molecular weight is 399 g/mol. The van der Waals surface area contributed by atoms with Crippen molar-refractivity contribution in [1.82, 2.24) is 4.57 Å². The van der Waals surface area contributed by atoms with E-state index in [0.29, 0.717) is 24.0 Å². The summed E-state index contributed by atoms with van der Waals surface area (Å²) in [6, 6.07) is 13.7. The molecule has 0 saturated heterocycles. The van der Waals surface area contributed by atoms with E-state index in [0.717, 1.165) is 42.8 Å². The van der Waals surface area contributed by atoms with Gasteiger partial charge >= 0.3 is 5.95 Å². The maximum absolute atomic E-state index is 10.9. The van der Waals surface area contributed by atoms with Crippen LogP contribution in [0.25, 0.3) is 11.0 Å². The number of hydrogen-bond donors (Lipinski definition) is 3. The lowest BCUT2D eigenvalue weighted by atomic mass is 10.1. The number of nitrogens with one attached hydrogen (secondary N) is 1.